The van der Waals surface area contributed by atoms with Gasteiger partial charge in [0, 0.05) is 45.3 Å². The van der Waals surface area contributed by atoms with E-state index in [1.807, 2.05) is 47.7 Å². The molecule has 0 bridgehead atoms. The molecule has 33 heavy (non-hydrogen) atoms. The van der Waals surface area contributed by atoms with Crippen LogP contribution in [0.25, 0.3) is 11.0 Å². The van der Waals surface area contributed by atoms with Crippen LogP contribution in [0.1, 0.15) is 54.9 Å². The molecule has 2 heterocycles. The van der Waals surface area contributed by atoms with E-state index in [1.165, 1.54) is 0 Å². The molecule has 0 spiro atoms. The van der Waals surface area contributed by atoms with Gasteiger partial charge in [0.2, 0.25) is 5.91 Å². The highest BCUT2D eigenvalue weighted by Crippen LogP contribution is 2.27. The average molecular weight is 449 g/mol. The van der Waals surface area contributed by atoms with Crippen molar-refractivity contribution < 1.29 is 14.3 Å². The SMILES string of the molecule is CCC(=O)Nc1cc(C(=O)N(CC)C[C@@H]2CCCO2)c2c(c1)nc(Cc1ccccc1)n2C. The van der Waals surface area contributed by atoms with Crippen molar-refractivity contribution in [2.45, 2.75) is 45.6 Å². The topological polar surface area (TPSA) is 76.5 Å². The first-order valence-electron chi connectivity index (χ1n) is 11.7. The summed E-state index contributed by atoms with van der Waals surface area (Å²) in [6.45, 7) is 5.69. The number of fused-ring (bicyclic) bond motifs is 1. The highest BCUT2D eigenvalue weighted by molar-refractivity contribution is 6.07. The Kier molecular flexibility index (Phi) is 7.08. The van der Waals surface area contributed by atoms with Crippen LogP contribution >= 0.6 is 0 Å². The predicted molar refractivity (Wildman–Crippen MR) is 129 cm³/mol. The van der Waals surface area contributed by atoms with Crippen LogP contribution < -0.4 is 5.32 Å². The second-order valence-electron chi connectivity index (χ2n) is 8.52. The quantitative estimate of drug-likeness (QED) is 0.562. The van der Waals surface area contributed by atoms with Crippen molar-refractivity contribution in [3.63, 3.8) is 0 Å². The van der Waals surface area contributed by atoms with Crippen LogP contribution in [0.5, 0.6) is 0 Å². The van der Waals surface area contributed by atoms with Crippen molar-refractivity contribution in [1.29, 1.82) is 0 Å². The molecule has 1 atom stereocenters. The van der Waals surface area contributed by atoms with Crippen LogP contribution in [0.3, 0.4) is 0 Å². The molecule has 1 fully saturated rings. The van der Waals surface area contributed by atoms with Crippen molar-refractivity contribution in [3.05, 3.63) is 59.4 Å². The molecule has 4 rings (SSSR count). The Balaban J connectivity index is 1.75. The number of aryl methyl sites for hydroxylation is 1. The van der Waals surface area contributed by atoms with E-state index in [2.05, 4.69) is 17.4 Å². The zero-order valence-corrected chi connectivity index (χ0v) is 19.6. The molecule has 174 valence electrons. The van der Waals surface area contributed by atoms with Crippen LogP contribution in [0.2, 0.25) is 0 Å². The largest absolute Gasteiger partial charge is 0.376 e. The Morgan fingerprint density at radius 3 is 2.67 bits per heavy atom. The number of hydrogen-bond donors (Lipinski definition) is 1. The van der Waals surface area contributed by atoms with Crippen molar-refractivity contribution in [1.82, 2.24) is 14.5 Å². The van der Waals surface area contributed by atoms with Crippen LogP contribution in [-0.2, 0) is 23.0 Å². The average Bonchev–Trinajstić information content (AvgIpc) is 3.45. The number of carbonyl (C=O) groups excluding carboxylic acids is 2. The van der Waals surface area contributed by atoms with Gasteiger partial charge >= 0.3 is 0 Å². The fourth-order valence-electron chi connectivity index (χ4n) is 4.38. The van der Waals surface area contributed by atoms with Crippen LogP contribution in [0.4, 0.5) is 5.69 Å². The summed E-state index contributed by atoms with van der Waals surface area (Å²) in [6.07, 6.45) is 3.10. The third-order valence-electron chi connectivity index (χ3n) is 6.22. The van der Waals surface area contributed by atoms with Crippen LogP contribution in [0, 0.1) is 0 Å². The first kappa shape index (κ1) is 23.0. The summed E-state index contributed by atoms with van der Waals surface area (Å²) < 4.78 is 7.78. The molecule has 2 amide bonds. The number of carbonyl (C=O) groups is 2. The number of imidazole rings is 1. The maximum Gasteiger partial charge on any atom is 0.256 e. The highest BCUT2D eigenvalue weighted by atomic mass is 16.5. The van der Waals surface area contributed by atoms with Gasteiger partial charge in [0.15, 0.2) is 0 Å². The molecular formula is C26H32N4O3. The van der Waals surface area contributed by atoms with Gasteiger partial charge in [-0.25, -0.2) is 4.98 Å². The number of aromatic nitrogens is 2. The minimum absolute atomic E-state index is 0.0696. The molecular weight excluding hydrogens is 416 g/mol. The number of amides is 2. The van der Waals surface area contributed by atoms with Gasteiger partial charge in [-0.15, -0.1) is 0 Å². The fourth-order valence-corrected chi connectivity index (χ4v) is 4.38. The standard InChI is InChI=1S/C26H32N4O3/c1-4-24(31)27-19-15-21(26(32)30(5-2)17-20-12-9-13-33-20)25-22(16-19)28-23(29(25)3)14-18-10-7-6-8-11-18/h6-8,10-11,15-16,20H,4-5,9,12-14,17H2,1-3H3,(H,27,31)/t20-/m0/s1. The summed E-state index contributed by atoms with van der Waals surface area (Å²) in [5.41, 5.74) is 3.78. The minimum atomic E-state index is -0.0973. The molecule has 7 nitrogen and oxygen atoms in total. The van der Waals surface area contributed by atoms with Gasteiger partial charge in [0.1, 0.15) is 5.82 Å². The molecule has 0 radical (unpaired) electrons. The van der Waals surface area contributed by atoms with Crippen molar-refractivity contribution in [2.75, 3.05) is 25.0 Å². The maximum absolute atomic E-state index is 13.7. The first-order chi connectivity index (χ1) is 16.0. The lowest BCUT2D eigenvalue weighted by molar-refractivity contribution is -0.115. The van der Waals surface area contributed by atoms with E-state index in [-0.39, 0.29) is 17.9 Å². The number of nitrogens with one attached hydrogen (secondary N) is 1. The zero-order valence-electron chi connectivity index (χ0n) is 19.6. The lowest BCUT2D eigenvalue weighted by Gasteiger charge is -2.25. The third kappa shape index (κ3) is 5.09. The number of hydrogen-bond acceptors (Lipinski definition) is 4. The van der Waals surface area contributed by atoms with E-state index < -0.39 is 0 Å². The van der Waals surface area contributed by atoms with Crippen LogP contribution in [0.15, 0.2) is 42.5 Å². The maximum atomic E-state index is 13.7. The molecule has 0 unspecified atom stereocenters. The summed E-state index contributed by atoms with van der Waals surface area (Å²) in [4.78, 5) is 32.5. The van der Waals surface area contributed by atoms with E-state index >= 15 is 0 Å². The lowest BCUT2D eigenvalue weighted by Crippen LogP contribution is -2.37. The minimum Gasteiger partial charge on any atom is -0.376 e. The van der Waals surface area contributed by atoms with Crippen molar-refractivity contribution in [3.8, 4) is 0 Å². The lowest BCUT2D eigenvalue weighted by atomic mass is 10.1. The van der Waals surface area contributed by atoms with E-state index in [0.717, 1.165) is 36.4 Å². The number of anilines is 1. The Bertz CT molecular complexity index is 1130. The summed E-state index contributed by atoms with van der Waals surface area (Å²) >= 11 is 0. The Morgan fingerprint density at radius 2 is 2.00 bits per heavy atom. The van der Waals surface area contributed by atoms with E-state index in [9.17, 15) is 9.59 Å². The Hall–Kier alpha value is -3.19. The van der Waals surface area contributed by atoms with Gasteiger partial charge < -0.3 is 19.5 Å². The monoisotopic (exact) mass is 448 g/mol. The van der Waals surface area contributed by atoms with E-state index in [0.29, 0.717) is 42.7 Å². The van der Waals surface area contributed by atoms with E-state index in [1.54, 1.807) is 13.0 Å². The van der Waals surface area contributed by atoms with Crippen molar-refractivity contribution in [2.24, 2.45) is 7.05 Å². The van der Waals surface area contributed by atoms with Crippen molar-refractivity contribution >= 4 is 28.5 Å². The second-order valence-corrected chi connectivity index (χ2v) is 8.52. The predicted octanol–water partition coefficient (Wildman–Crippen LogP) is 4.15. The number of likely N-dealkylation sites (N-methyl/N-ethyl adjacent to an activating group) is 1. The molecule has 1 saturated heterocycles. The van der Waals surface area contributed by atoms with Gasteiger partial charge in [-0.05, 0) is 37.5 Å². The highest BCUT2D eigenvalue weighted by Gasteiger charge is 2.26. The summed E-state index contributed by atoms with van der Waals surface area (Å²) in [7, 11) is 1.95. The third-order valence-corrected chi connectivity index (χ3v) is 6.22. The smallest absolute Gasteiger partial charge is 0.256 e. The number of rotatable bonds is 8. The fraction of sp³-hybridized carbons (Fsp3) is 0.423. The number of benzene rings is 2. The first-order valence-corrected chi connectivity index (χ1v) is 11.7. The van der Waals surface area contributed by atoms with Gasteiger partial charge in [-0.1, -0.05) is 37.3 Å². The van der Waals surface area contributed by atoms with Gasteiger partial charge in [-0.3, -0.25) is 9.59 Å². The molecule has 0 aliphatic carbocycles. The molecule has 3 aromatic rings. The number of ether oxygens (including phenoxy) is 1. The number of nitrogens with zero attached hydrogens (tertiary/aromatic N) is 3. The molecule has 2 aromatic carbocycles. The molecule has 1 aliphatic heterocycles. The van der Waals surface area contributed by atoms with Gasteiger partial charge in [-0.2, -0.15) is 0 Å². The van der Waals surface area contributed by atoms with Gasteiger partial charge in [0.25, 0.3) is 5.91 Å². The van der Waals surface area contributed by atoms with E-state index in [4.69, 9.17) is 9.72 Å². The molecule has 1 N–H and O–H groups in total. The molecule has 7 heteroatoms. The molecule has 1 aromatic heterocycles. The second kappa shape index (κ2) is 10.2. The molecule has 1 aliphatic rings. The summed E-state index contributed by atoms with van der Waals surface area (Å²) in [5.74, 6) is 0.700. The summed E-state index contributed by atoms with van der Waals surface area (Å²) in [5, 5.41) is 2.90. The Morgan fingerprint density at radius 1 is 1.21 bits per heavy atom. The molecule has 0 saturated carbocycles. The van der Waals surface area contributed by atoms with Gasteiger partial charge in [0.05, 0.1) is 22.7 Å². The zero-order chi connectivity index (χ0) is 23.4. The summed E-state index contributed by atoms with van der Waals surface area (Å²) in [6, 6.07) is 13.8. The van der Waals surface area contributed by atoms with Crippen LogP contribution in [-0.4, -0.2) is 52.1 Å². The normalized spacial score (nSPS) is 15.7. The Labute approximate surface area is 194 Å².